The van der Waals surface area contributed by atoms with Crippen LogP contribution in [0, 0.1) is 0 Å². The maximum absolute atomic E-state index is 12.7. The lowest BCUT2D eigenvalue weighted by molar-refractivity contribution is -0.134. The van der Waals surface area contributed by atoms with E-state index in [1.165, 1.54) is 32.1 Å². The molecule has 0 unspecified atom stereocenters. The molecular formula is C23H32N2O6. The number of nitrogens with zero attached hydrogens (tertiary/aromatic N) is 2. The number of carboxylic acids is 2. The predicted octanol–water partition coefficient (Wildman–Crippen LogP) is 2.50. The lowest BCUT2D eigenvalue weighted by Gasteiger charge is -2.31. The number of hydrogen-bond acceptors (Lipinski definition) is 5. The molecule has 2 atom stereocenters. The molecule has 31 heavy (non-hydrogen) atoms. The van der Waals surface area contributed by atoms with Crippen molar-refractivity contribution in [2.24, 2.45) is 0 Å². The number of rotatable bonds is 6. The van der Waals surface area contributed by atoms with Crippen molar-refractivity contribution in [3.05, 3.63) is 48.0 Å². The largest absolute Gasteiger partial charge is 0.478 e. The number of aliphatic carboxylic acids is 2. The zero-order chi connectivity index (χ0) is 22.8. The number of ether oxygens (including phenoxy) is 1. The molecule has 1 aliphatic carbocycles. The van der Waals surface area contributed by atoms with Gasteiger partial charge in [0.1, 0.15) is 0 Å². The molecule has 1 amide bonds. The molecule has 1 aromatic carbocycles. The van der Waals surface area contributed by atoms with E-state index in [1.54, 1.807) is 7.11 Å². The molecule has 1 saturated carbocycles. The number of hydrogen-bond donors (Lipinski definition) is 2. The van der Waals surface area contributed by atoms with Crippen molar-refractivity contribution in [3.63, 3.8) is 0 Å². The van der Waals surface area contributed by atoms with Gasteiger partial charge >= 0.3 is 11.9 Å². The first-order chi connectivity index (χ1) is 14.8. The van der Waals surface area contributed by atoms with E-state index >= 15 is 0 Å². The van der Waals surface area contributed by atoms with Crippen LogP contribution in [0.2, 0.25) is 0 Å². The van der Waals surface area contributed by atoms with Gasteiger partial charge in [-0.3, -0.25) is 9.69 Å². The second-order valence-corrected chi connectivity index (χ2v) is 7.88. The van der Waals surface area contributed by atoms with Gasteiger partial charge in [-0.05, 0) is 25.0 Å². The highest BCUT2D eigenvalue weighted by molar-refractivity contribution is 5.94. The third kappa shape index (κ3) is 7.48. The van der Waals surface area contributed by atoms with Crippen LogP contribution in [0.15, 0.2) is 42.5 Å². The minimum atomic E-state index is -1.26. The highest BCUT2D eigenvalue weighted by Crippen LogP contribution is 2.28. The molecule has 1 heterocycles. The zero-order valence-corrected chi connectivity index (χ0v) is 18.1. The standard InChI is InChI=1S/C19H28N2O2.C4H4O4/c1-20(19(22)15-9-5-3-6-10-15)17-13-21(14-18(17)23-2)16-11-7-4-8-12-16;5-3(6)1-2-4(7)8/h3,5-6,9-10,16-18H,4,7-8,11-14H2,1-2H3;1-2H,(H,5,6)(H,7,8)/b;2-1+/t17-,18-;/m0./s1. The number of likely N-dealkylation sites (tertiary alicyclic amines) is 1. The number of amides is 1. The molecule has 2 aliphatic rings. The van der Waals surface area contributed by atoms with Gasteiger partial charge in [-0.15, -0.1) is 0 Å². The monoisotopic (exact) mass is 432 g/mol. The van der Waals surface area contributed by atoms with Gasteiger partial charge in [-0.25, -0.2) is 9.59 Å². The van der Waals surface area contributed by atoms with E-state index in [0.29, 0.717) is 18.2 Å². The van der Waals surface area contributed by atoms with E-state index in [1.807, 2.05) is 42.3 Å². The van der Waals surface area contributed by atoms with Gasteiger partial charge in [0.15, 0.2) is 0 Å². The van der Waals surface area contributed by atoms with E-state index in [0.717, 1.165) is 18.7 Å². The van der Waals surface area contributed by atoms with Gasteiger partial charge in [0.25, 0.3) is 5.91 Å². The van der Waals surface area contributed by atoms with Crippen LogP contribution in [-0.4, -0.2) is 83.3 Å². The minimum Gasteiger partial charge on any atom is -0.478 e. The molecule has 1 aliphatic heterocycles. The van der Waals surface area contributed by atoms with E-state index in [9.17, 15) is 14.4 Å². The van der Waals surface area contributed by atoms with Crippen LogP contribution in [-0.2, 0) is 14.3 Å². The highest BCUT2D eigenvalue weighted by atomic mass is 16.5. The molecular weight excluding hydrogens is 400 g/mol. The molecule has 3 rings (SSSR count). The van der Waals surface area contributed by atoms with Crippen LogP contribution < -0.4 is 0 Å². The second kappa shape index (κ2) is 12.2. The van der Waals surface area contributed by atoms with Gasteiger partial charge in [-0.2, -0.15) is 0 Å². The lowest BCUT2D eigenvalue weighted by Crippen LogP contribution is -2.45. The third-order valence-corrected chi connectivity index (χ3v) is 5.87. The average Bonchev–Trinajstić information content (AvgIpc) is 3.23. The highest BCUT2D eigenvalue weighted by Gasteiger charge is 2.40. The molecule has 0 radical (unpaired) electrons. The van der Waals surface area contributed by atoms with Crippen molar-refractivity contribution >= 4 is 17.8 Å². The minimum absolute atomic E-state index is 0.0862. The fourth-order valence-corrected chi connectivity index (χ4v) is 4.21. The van der Waals surface area contributed by atoms with Crippen molar-refractivity contribution in [2.45, 2.75) is 50.3 Å². The molecule has 170 valence electrons. The Kier molecular flexibility index (Phi) is 9.68. The molecule has 0 spiro atoms. The number of carboxylic acid groups (broad SMARTS) is 2. The number of likely N-dealkylation sites (N-methyl/N-ethyl adjacent to an activating group) is 1. The Bertz CT molecular complexity index is 745. The molecule has 0 aromatic heterocycles. The zero-order valence-electron chi connectivity index (χ0n) is 18.1. The summed E-state index contributed by atoms with van der Waals surface area (Å²) in [5, 5.41) is 15.6. The Balaban J connectivity index is 0.000000366. The molecule has 2 N–H and O–H groups in total. The average molecular weight is 433 g/mol. The van der Waals surface area contributed by atoms with Crippen LogP contribution >= 0.6 is 0 Å². The van der Waals surface area contributed by atoms with Crippen LogP contribution in [0.3, 0.4) is 0 Å². The topological polar surface area (TPSA) is 107 Å². The predicted molar refractivity (Wildman–Crippen MR) is 116 cm³/mol. The quantitative estimate of drug-likeness (QED) is 0.665. The van der Waals surface area contributed by atoms with Crippen molar-refractivity contribution in [2.75, 3.05) is 27.2 Å². The molecule has 1 saturated heterocycles. The van der Waals surface area contributed by atoms with Gasteiger partial charge in [0.2, 0.25) is 0 Å². The van der Waals surface area contributed by atoms with E-state index < -0.39 is 11.9 Å². The summed E-state index contributed by atoms with van der Waals surface area (Å²) in [5.74, 6) is -2.43. The Morgan fingerprint density at radius 3 is 2.10 bits per heavy atom. The summed E-state index contributed by atoms with van der Waals surface area (Å²) in [7, 11) is 3.68. The van der Waals surface area contributed by atoms with Gasteiger partial charge < -0.3 is 19.8 Å². The molecule has 1 aromatic rings. The Labute approximate surface area is 183 Å². The first-order valence-electron chi connectivity index (χ1n) is 10.6. The Hall–Kier alpha value is -2.71. The smallest absolute Gasteiger partial charge is 0.328 e. The van der Waals surface area contributed by atoms with Crippen molar-refractivity contribution in [1.82, 2.24) is 9.80 Å². The van der Waals surface area contributed by atoms with Gasteiger partial charge in [0, 0.05) is 51.0 Å². The van der Waals surface area contributed by atoms with Crippen LogP contribution in [0.1, 0.15) is 42.5 Å². The normalized spacial score (nSPS) is 22.0. The fourth-order valence-electron chi connectivity index (χ4n) is 4.21. The van der Waals surface area contributed by atoms with E-state index in [4.69, 9.17) is 14.9 Å². The third-order valence-electron chi connectivity index (χ3n) is 5.87. The Morgan fingerprint density at radius 1 is 1.00 bits per heavy atom. The summed E-state index contributed by atoms with van der Waals surface area (Å²) in [6.45, 7) is 1.87. The second-order valence-electron chi connectivity index (χ2n) is 7.88. The maximum atomic E-state index is 12.7. The Morgan fingerprint density at radius 2 is 1.58 bits per heavy atom. The SMILES string of the molecule is CO[C@H]1CN(C2CCCCC2)C[C@@H]1N(C)C(=O)c1ccccc1.O=C(O)/C=C/C(=O)O. The summed E-state index contributed by atoms with van der Waals surface area (Å²) < 4.78 is 5.72. The summed E-state index contributed by atoms with van der Waals surface area (Å²) in [4.78, 5) is 36.3. The molecule has 0 bridgehead atoms. The van der Waals surface area contributed by atoms with Crippen LogP contribution in [0.4, 0.5) is 0 Å². The van der Waals surface area contributed by atoms with E-state index in [-0.39, 0.29) is 18.1 Å². The van der Waals surface area contributed by atoms with Crippen molar-refractivity contribution in [3.8, 4) is 0 Å². The number of benzene rings is 1. The fraction of sp³-hybridized carbons (Fsp3) is 0.522. The van der Waals surface area contributed by atoms with Crippen LogP contribution in [0.25, 0.3) is 0 Å². The van der Waals surface area contributed by atoms with Crippen molar-refractivity contribution in [1.29, 1.82) is 0 Å². The summed E-state index contributed by atoms with van der Waals surface area (Å²) >= 11 is 0. The van der Waals surface area contributed by atoms with E-state index in [2.05, 4.69) is 4.90 Å². The molecule has 8 heteroatoms. The maximum Gasteiger partial charge on any atom is 0.328 e. The summed E-state index contributed by atoms with van der Waals surface area (Å²) in [6, 6.07) is 10.3. The number of methoxy groups -OCH3 is 1. The summed E-state index contributed by atoms with van der Waals surface area (Å²) in [5.41, 5.74) is 0.751. The molecule has 8 nitrogen and oxygen atoms in total. The van der Waals surface area contributed by atoms with Gasteiger partial charge in [-0.1, -0.05) is 37.5 Å². The number of carbonyl (C=O) groups excluding carboxylic acids is 1. The van der Waals surface area contributed by atoms with Crippen LogP contribution in [0.5, 0.6) is 0 Å². The first kappa shape index (κ1) is 24.6. The van der Waals surface area contributed by atoms with Gasteiger partial charge in [0.05, 0.1) is 12.1 Å². The summed E-state index contributed by atoms with van der Waals surface area (Å²) in [6.07, 6.45) is 7.84. The lowest BCUT2D eigenvalue weighted by atomic mass is 9.94. The first-order valence-corrected chi connectivity index (χ1v) is 10.6. The molecule has 2 fully saturated rings. The number of carbonyl (C=O) groups is 3. The van der Waals surface area contributed by atoms with Crippen molar-refractivity contribution < 1.29 is 29.3 Å².